The molecule has 0 aliphatic rings. The molecule has 2 rings (SSSR count). The van der Waals surface area contributed by atoms with Crippen LogP contribution in [0.25, 0.3) is 0 Å². The summed E-state index contributed by atoms with van der Waals surface area (Å²) in [6, 6.07) is 12.5. The summed E-state index contributed by atoms with van der Waals surface area (Å²) in [5.74, 6) is 0. The predicted octanol–water partition coefficient (Wildman–Crippen LogP) is 3.72. The Balaban J connectivity index is 2.11. The van der Waals surface area contributed by atoms with E-state index >= 15 is 0 Å². The molecule has 2 nitrogen and oxygen atoms in total. The molecule has 2 aromatic rings. The van der Waals surface area contributed by atoms with Crippen LogP contribution in [0.2, 0.25) is 0 Å². The maximum absolute atomic E-state index is 9.28. The molecule has 0 spiro atoms. The summed E-state index contributed by atoms with van der Waals surface area (Å²) >= 11 is 1.70. The van der Waals surface area contributed by atoms with E-state index in [1.807, 2.05) is 6.07 Å². The van der Waals surface area contributed by atoms with Crippen LogP contribution < -0.4 is 5.32 Å². The normalized spacial score (nSPS) is 12.1. The van der Waals surface area contributed by atoms with Crippen molar-refractivity contribution in [3.63, 3.8) is 0 Å². The molecule has 1 aromatic heterocycles. The molecule has 1 heterocycles. The first kappa shape index (κ1) is 12.8. The van der Waals surface area contributed by atoms with E-state index in [9.17, 15) is 5.26 Å². The van der Waals surface area contributed by atoms with Crippen LogP contribution in [0.1, 0.15) is 27.6 Å². The van der Waals surface area contributed by atoms with Crippen molar-refractivity contribution in [2.24, 2.45) is 0 Å². The Morgan fingerprint density at radius 1 is 1.28 bits per heavy atom. The smallest absolute Gasteiger partial charge is 0.121 e. The number of benzene rings is 1. The Labute approximate surface area is 112 Å². The molecule has 0 radical (unpaired) electrons. The van der Waals surface area contributed by atoms with E-state index in [2.05, 4.69) is 54.9 Å². The molecule has 0 fully saturated rings. The highest BCUT2D eigenvalue weighted by Gasteiger charge is 2.10. The Morgan fingerprint density at radius 2 is 2.00 bits per heavy atom. The van der Waals surface area contributed by atoms with Gasteiger partial charge in [-0.05, 0) is 30.9 Å². The highest BCUT2D eigenvalue weighted by atomic mass is 32.1. The van der Waals surface area contributed by atoms with Gasteiger partial charge in [0.25, 0.3) is 0 Å². The van der Waals surface area contributed by atoms with Gasteiger partial charge in [-0.1, -0.05) is 35.4 Å². The van der Waals surface area contributed by atoms with Gasteiger partial charge in [0.05, 0.1) is 6.07 Å². The summed E-state index contributed by atoms with van der Waals surface area (Å²) in [7, 11) is 0. The van der Waals surface area contributed by atoms with Crippen molar-refractivity contribution >= 4 is 11.3 Å². The Morgan fingerprint density at radius 3 is 2.56 bits per heavy atom. The van der Waals surface area contributed by atoms with Crippen molar-refractivity contribution < 1.29 is 0 Å². The minimum Gasteiger partial charge on any atom is -0.293 e. The Bertz CT molecular complexity index is 532. The molecule has 0 aliphatic carbocycles. The van der Waals surface area contributed by atoms with E-state index < -0.39 is 0 Å². The van der Waals surface area contributed by atoms with E-state index in [4.69, 9.17) is 0 Å². The number of nitriles is 1. The van der Waals surface area contributed by atoms with Gasteiger partial charge in [-0.3, -0.25) is 5.32 Å². The summed E-state index contributed by atoms with van der Waals surface area (Å²) in [4.78, 5) is 1.25. The summed E-state index contributed by atoms with van der Waals surface area (Å²) in [6.45, 7) is 4.86. The highest BCUT2D eigenvalue weighted by Crippen LogP contribution is 2.18. The average molecular weight is 256 g/mol. The standard InChI is InChI=1S/C15H16N2S/c1-11-6-12(2)8-13(7-11)15(9-16)17-10-14-4-3-5-18-14/h3-8,15,17H,10H2,1-2H3. The zero-order valence-electron chi connectivity index (χ0n) is 10.6. The van der Waals surface area contributed by atoms with Crippen molar-refractivity contribution in [3.05, 3.63) is 57.3 Å². The average Bonchev–Trinajstić information content (AvgIpc) is 2.81. The number of aryl methyl sites for hydroxylation is 2. The third-order valence-corrected chi connectivity index (χ3v) is 3.64. The molecule has 0 amide bonds. The molecular weight excluding hydrogens is 240 g/mol. The molecule has 92 valence electrons. The van der Waals surface area contributed by atoms with Gasteiger partial charge in [0.15, 0.2) is 0 Å². The second-order valence-corrected chi connectivity index (χ2v) is 5.48. The molecule has 0 saturated heterocycles. The van der Waals surface area contributed by atoms with E-state index in [0.29, 0.717) is 0 Å². The number of nitrogens with zero attached hydrogens (tertiary/aromatic N) is 1. The molecule has 0 aliphatic heterocycles. The van der Waals surface area contributed by atoms with Crippen LogP contribution in [-0.2, 0) is 6.54 Å². The van der Waals surface area contributed by atoms with Crippen molar-refractivity contribution in [2.75, 3.05) is 0 Å². The van der Waals surface area contributed by atoms with Gasteiger partial charge in [-0.25, -0.2) is 0 Å². The number of rotatable bonds is 4. The molecule has 0 bridgehead atoms. The molecule has 1 atom stereocenters. The fraction of sp³-hybridized carbons (Fsp3) is 0.267. The minimum atomic E-state index is -0.245. The van der Waals surface area contributed by atoms with Gasteiger partial charge < -0.3 is 0 Å². The van der Waals surface area contributed by atoms with Crippen molar-refractivity contribution in [1.82, 2.24) is 5.32 Å². The van der Waals surface area contributed by atoms with E-state index in [1.54, 1.807) is 11.3 Å². The first-order valence-corrected chi connectivity index (χ1v) is 6.80. The lowest BCUT2D eigenvalue weighted by Crippen LogP contribution is -2.19. The first-order valence-electron chi connectivity index (χ1n) is 5.92. The molecule has 18 heavy (non-hydrogen) atoms. The first-order chi connectivity index (χ1) is 8.69. The van der Waals surface area contributed by atoms with Gasteiger partial charge in [0.1, 0.15) is 6.04 Å². The lowest BCUT2D eigenvalue weighted by atomic mass is 10.0. The molecule has 1 aromatic carbocycles. The highest BCUT2D eigenvalue weighted by molar-refractivity contribution is 7.09. The second kappa shape index (κ2) is 5.81. The van der Waals surface area contributed by atoms with Crippen molar-refractivity contribution in [3.8, 4) is 6.07 Å². The van der Waals surface area contributed by atoms with Crippen LogP contribution in [0.4, 0.5) is 0 Å². The molecule has 1 N–H and O–H groups in total. The summed E-state index contributed by atoms with van der Waals surface area (Å²) in [6.07, 6.45) is 0. The van der Waals surface area contributed by atoms with Gasteiger partial charge >= 0.3 is 0 Å². The minimum absolute atomic E-state index is 0.245. The van der Waals surface area contributed by atoms with Crippen LogP contribution in [0.5, 0.6) is 0 Å². The Hall–Kier alpha value is -1.63. The quantitative estimate of drug-likeness (QED) is 0.905. The van der Waals surface area contributed by atoms with Crippen LogP contribution in [0, 0.1) is 25.2 Å². The number of nitrogens with one attached hydrogen (secondary N) is 1. The number of hydrogen-bond donors (Lipinski definition) is 1. The van der Waals surface area contributed by atoms with Crippen LogP contribution in [0.3, 0.4) is 0 Å². The lowest BCUT2D eigenvalue weighted by Gasteiger charge is -2.12. The summed E-state index contributed by atoms with van der Waals surface area (Å²) < 4.78 is 0. The van der Waals surface area contributed by atoms with E-state index in [-0.39, 0.29) is 6.04 Å². The van der Waals surface area contributed by atoms with Crippen LogP contribution >= 0.6 is 11.3 Å². The second-order valence-electron chi connectivity index (χ2n) is 4.44. The van der Waals surface area contributed by atoms with Crippen molar-refractivity contribution in [1.29, 1.82) is 5.26 Å². The molecule has 0 saturated carbocycles. The number of thiophene rings is 1. The fourth-order valence-corrected chi connectivity index (χ4v) is 2.69. The zero-order chi connectivity index (χ0) is 13.0. The van der Waals surface area contributed by atoms with E-state index in [1.165, 1.54) is 16.0 Å². The molecule has 1 unspecified atom stereocenters. The third-order valence-electron chi connectivity index (χ3n) is 2.77. The van der Waals surface area contributed by atoms with Gasteiger partial charge in [-0.15, -0.1) is 11.3 Å². The molecule has 3 heteroatoms. The van der Waals surface area contributed by atoms with Gasteiger partial charge in [0, 0.05) is 11.4 Å². The molecular formula is C15H16N2S. The van der Waals surface area contributed by atoms with Crippen LogP contribution in [0.15, 0.2) is 35.7 Å². The lowest BCUT2D eigenvalue weighted by molar-refractivity contribution is 0.635. The zero-order valence-corrected chi connectivity index (χ0v) is 11.4. The largest absolute Gasteiger partial charge is 0.293 e. The van der Waals surface area contributed by atoms with Gasteiger partial charge in [0.2, 0.25) is 0 Å². The number of hydrogen-bond acceptors (Lipinski definition) is 3. The monoisotopic (exact) mass is 256 g/mol. The van der Waals surface area contributed by atoms with Gasteiger partial charge in [-0.2, -0.15) is 5.26 Å². The van der Waals surface area contributed by atoms with E-state index in [0.717, 1.165) is 12.1 Å². The Kier molecular flexibility index (Phi) is 4.14. The van der Waals surface area contributed by atoms with Crippen molar-refractivity contribution in [2.45, 2.75) is 26.4 Å². The topological polar surface area (TPSA) is 35.8 Å². The third kappa shape index (κ3) is 3.19. The fourth-order valence-electron chi connectivity index (χ4n) is 2.03. The summed E-state index contributed by atoms with van der Waals surface area (Å²) in [5, 5.41) is 14.6. The maximum atomic E-state index is 9.28. The predicted molar refractivity (Wildman–Crippen MR) is 75.4 cm³/mol. The summed E-state index contributed by atoms with van der Waals surface area (Å²) in [5.41, 5.74) is 3.44. The van der Waals surface area contributed by atoms with Crippen LogP contribution in [-0.4, -0.2) is 0 Å². The SMILES string of the molecule is Cc1cc(C)cc(C(C#N)NCc2cccs2)c1. The maximum Gasteiger partial charge on any atom is 0.121 e.